The van der Waals surface area contributed by atoms with Crippen molar-refractivity contribution in [2.75, 3.05) is 18.4 Å². The molecule has 1 saturated heterocycles. The quantitative estimate of drug-likeness (QED) is 0.897. The van der Waals surface area contributed by atoms with Crippen LogP contribution in [-0.2, 0) is 17.8 Å². The van der Waals surface area contributed by atoms with Crippen LogP contribution in [0, 0.1) is 11.7 Å². The number of aromatic nitrogens is 1. The number of likely N-dealkylation sites (tertiary alicyclic amines) is 1. The lowest BCUT2D eigenvalue weighted by atomic mass is 9.99. The van der Waals surface area contributed by atoms with E-state index >= 15 is 0 Å². The van der Waals surface area contributed by atoms with Crippen molar-refractivity contribution in [1.82, 2.24) is 9.88 Å². The SMILES string of the molecule is CC1CCN(Cc2csc(NC(=O)Cc3ccc(F)cc3)n2)CC1. The lowest BCUT2D eigenvalue weighted by molar-refractivity contribution is -0.115. The van der Waals surface area contributed by atoms with Gasteiger partial charge in [-0.2, -0.15) is 0 Å². The number of hydrogen-bond donors (Lipinski definition) is 1. The Morgan fingerprint density at radius 3 is 2.75 bits per heavy atom. The molecule has 128 valence electrons. The first kappa shape index (κ1) is 17.0. The third-order valence-electron chi connectivity index (χ3n) is 4.34. The van der Waals surface area contributed by atoms with Gasteiger partial charge in [-0.25, -0.2) is 9.37 Å². The van der Waals surface area contributed by atoms with E-state index in [4.69, 9.17) is 0 Å². The molecular weight excluding hydrogens is 325 g/mol. The second kappa shape index (κ2) is 7.85. The zero-order valence-electron chi connectivity index (χ0n) is 13.8. The Kier molecular flexibility index (Phi) is 5.58. The minimum Gasteiger partial charge on any atom is -0.302 e. The van der Waals surface area contributed by atoms with Crippen molar-refractivity contribution in [3.05, 3.63) is 46.7 Å². The average Bonchev–Trinajstić information content (AvgIpc) is 2.99. The number of carbonyl (C=O) groups is 1. The van der Waals surface area contributed by atoms with E-state index in [0.29, 0.717) is 5.13 Å². The Morgan fingerprint density at radius 1 is 1.33 bits per heavy atom. The van der Waals surface area contributed by atoms with E-state index in [1.54, 1.807) is 12.1 Å². The summed E-state index contributed by atoms with van der Waals surface area (Å²) in [6, 6.07) is 5.98. The number of benzene rings is 1. The minimum atomic E-state index is -0.296. The van der Waals surface area contributed by atoms with Crippen LogP contribution in [0.1, 0.15) is 31.0 Å². The molecule has 0 spiro atoms. The molecule has 0 aliphatic carbocycles. The van der Waals surface area contributed by atoms with E-state index in [1.165, 1.54) is 36.3 Å². The second-order valence-corrected chi connectivity index (χ2v) is 7.31. The van der Waals surface area contributed by atoms with Crippen molar-refractivity contribution < 1.29 is 9.18 Å². The number of nitrogens with one attached hydrogen (secondary N) is 1. The fourth-order valence-electron chi connectivity index (χ4n) is 2.84. The summed E-state index contributed by atoms with van der Waals surface area (Å²) in [4.78, 5) is 19.0. The molecule has 1 fully saturated rings. The number of thiazole rings is 1. The van der Waals surface area contributed by atoms with Crippen LogP contribution < -0.4 is 5.32 Å². The molecule has 1 aromatic heterocycles. The van der Waals surface area contributed by atoms with Crippen LogP contribution in [0.3, 0.4) is 0 Å². The number of amides is 1. The van der Waals surface area contributed by atoms with E-state index in [2.05, 4.69) is 22.1 Å². The molecule has 0 saturated carbocycles. The van der Waals surface area contributed by atoms with Crippen LogP contribution in [0.15, 0.2) is 29.6 Å². The van der Waals surface area contributed by atoms with Gasteiger partial charge < -0.3 is 5.32 Å². The molecular formula is C18H22FN3OS. The fourth-order valence-corrected chi connectivity index (χ4v) is 3.56. The van der Waals surface area contributed by atoms with Gasteiger partial charge >= 0.3 is 0 Å². The number of halogens is 1. The summed E-state index contributed by atoms with van der Waals surface area (Å²) in [6.45, 7) is 5.38. The summed E-state index contributed by atoms with van der Waals surface area (Å²) < 4.78 is 12.9. The number of anilines is 1. The zero-order valence-corrected chi connectivity index (χ0v) is 14.6. The van der Waals surface area contributed by atoms with Crippen molar-refractivity contribution in [3.63, 3.8) is 0 Å². The van der Waals surface area contributed by atoms with Crippen LogP contribution in [0.2, 0.25) is 0 Å². The first-order chi connectivity index (χ1) is 11.6. The Morgan fingerprint density at radius 2 is 2.04 bits per heavy atom. The van der Waals surface area contributed by atoms with Gasteiger partial charge in [0.05, 0.1) is 12.1 Å². The third kappa shape index (κ3) is 4.85. The van der Waals surface area contributed by atoms with E-state index in [-0.39, 0.29) is 18.1 Å². The molecule has 0 unspecified atom stereocenters. The number of hydrogen-bond acceptors (Lipinski definition) is 4. The van der Waals surface area contributed by atoms with Crippen LogP contribution in [0.4, 0.5) is 9.52 Å². The highest BCUT2D eigenvalue weighted by molar-refractivity contribution is 7.13. The smallest absolute Gasteiger partial charge is 0.230 e. The highest BCUT2D eigenvalue weighted by atomic mass is 32.1. The van der Waals surface area contributed by atoms with Gasteiger partial charge in [-0.05, 0) is 49.5 Å². The van der Waals surface area contributed by atoms with Crippen LogP contribution in [-0.4, -0.2) is 28.9 Å². The molecule has 0 radical (unpaired) electrons. The molecule has 3 rings (SSSR count). The maximum atomic E-state index is 12.9. The molecule has 4 nitrogen and oxygen atoms in total. The van der Waals surface area contributed by atoms with E-state index in [9.17, 15) is 9.18 Å². The number of carbonyl (C=O) groups excluding carboxylic acids is 1. The van der Waals surface area contributed by atoms with Crippen molar-refractivity contribution in [2.24, 2.45) is 5.92 Å². The van der Waals surface area contributed by atoms with Crippen molar-refractivity contribution >= 4 is 22.4 Å². The molecule has 1 aliphatic heterocycles. The zero-order chi connectivity index (χ0) is 16.9. The Balaban J connectivity index is 1.50. The first-order valence-corrected chi connectivity index (χ1v) is 9.17. The molecule has 1 N–H and O–H groups in total. The van der Waals surface area contributed by atoms with Gasteiger partial charge in [-0.1, -0.05) is 19.1 Å². The molecule has 1 aliphatic rings. The average molecular weight is 347 g/mol. The van der Waals surface area contributed by atoms with Crippen LogP contribution in [0.5, 0.6) is 0 Å². The summed E-state index contributed by atoms with van der Waals surface area (Å²) in [5, 5.41) is 5.46. The van der Waals surface area contributed by atoms with Gasteiger partial charge in [-0.3, -0.25) is 9.69 Å². The Hall–Kier alpha value is -1.79. The van der Waals surface area contributed by atoms with Crippen molar-refractivity contribution in [3.8, 4) is 0 Å². The first-order valence-electron chi connectivity index (χ1n) is 8.29. The molecule has 6 heteroatoms. The van der Waals surface area contributed by atoms with Gasteiger partial charge in [0.15, 0.2) is 5.13 Å². The fraction of sp³-hybridized carbons (Fsp3) is 0.444. The number of nitrogens with zero attached hydrogens (tertiary/aromatic N) is 2. The van der Waals surface area contributed by atoms with E-state index in [0.717, 1.165) is 36.8 Å². The second-order valence-electron chi connectivity index (χ2n) is 6.45. The molecule has 1 aromatic carbocycles. The van der Waals surface area contributed by atoms with Gasteiger partial charge in [0.1, 0.15) is 5.82 Å². The predicted octanol–water partition coefficient (Wildman–Crippen LogP) is 3.70. The minimum absolute atomic E-state index is 0.130. The topological polar surface area (TPSA) is 45.2 Å². The van der Waals surface area contributed by atoms with Crippen LogP contribution >= 0.6 is 11.3 Å². The lowest BCUT2D eigenvalue weighted by Gasteiger charge is -2.29. The predicted molar refractivity (Wildman–Crippen MR) is 94.5 cm³/mol. The summed E-state index contributed by atoms with van der Waals surface area (Å²) in [5.41, 5.74) is 1.79. The molecule has 0 bridgehead atoms. The van der Waals surface area contributed by atoms with E-state index < -0.39 is 0 Å². The summed E-state index contributed by atoms with van der Waals surface area (Å²) in [7, 11) is 0. The Bertz CT molecular complexity index is 678. The molecule has 1 amide bonds. The molecule has 2 aromatic rings. The summed E-state index contributed by atoms with van der Waals surface area (Å²) >= 11 is 1.45. The standard InChI is InChI=1S/C18H22FN3OS/c1-13-6-8-22(9-7-13)11-16-12-24-18(20-16)21-17(23)10-14-2-4-15(19)5-3-14/h2-5,12-13H,6-11H2,1H3,(H,20,21,23). The lowest BCUT2D eigenvalue weighted by Crippen LogP contribution is -2.32. The highest BCUT2D eigenvalue weighted by Crippen LogP contribution is 2.21. The molecule has 24 heavy (non-hydrogen) atoms. The van der Waals surface area contributed by atoms with Crippen molar-refractivity contribution in [1.29, 1.82) is 0 Å². The van der Waals surface area contributed by atoms with Gasteiger partial charge in [0.25, 0.3) is 0 Å². The van der Waals surface area contributed by atoms with Gasteiger partial charge in [0, 0.05) is 11.9 Å². The van der Waals surface area contributed by atoms with E-state index in [1.807, 2.05) is 5.38 Å². The molecule has 0 atom stereocenters. The molecule has 2 heterocycles. The summed E-state index contributed by atoms with van der Waals surface area (Å²) in [5.74, 6) is 0.392. The van der Waals surface area contributed by atoms with Gasteiger partial charge in [-0.15, -0.1) is 11.3 Å². The highest BCUT2D eigenvalue weighted by Gasteiger charge is 2.17. The maximum absolute atomic E-state index is 12.9. The van der Waals surface area contributed by atoms with Gasteiger partial charge in [0.2, 0.25) is 5.91 Å². The monoisotopic (exact) mass is 347 g/mol. The Labute approximate surface area is 145 Å². The number of rotatable bonds is 5. The van der Waals surface area contributed by atoms with Crippen LogP contribution in [0.25, 0.3) is 0 Å². The largest absolute Gasteiger partial charge is 0.302 e. The number of piperidine rings is 1. The third-order valence-corrected chi connectivity index (χ3v) is 5.14. The summed E-state index contributed by atoms with van der Waals surface area (Å²) in [6.07, 6.45) is 2.70. The normalized spacial score (nSPS) is 16.2. The maximum Gasteiger partial charge on any atom is 0.230 e. The van der Waals surface area contributed by atoms with Crippen molar-refractivity contribution in [2.45, 2.75) is 32.7 Å².